The molecule has 2 atom stereocenters. The smallest absolute Gasteiger partial charge is 0.319 e. The van der Waals surface area contributed by atoms with Crippen LogP contribution in [0, 0.1) is 5.92 Å². The van der Waals surface area contributed by atoms with Crippen LogP contribution in [-0.2, 0) is 4.79 Å². The second-order valence-electron chi connectivity index (χ2n) is 6.20. The molecule has 0 saturated heterocycles. The topological polar surface area (TPSA) is 63.1 Å². The summed E-state index contributed by atoms with van der Waals surface area (Å²) in [5, 5.41) is 17.8. The molecule has 2 heterocycles. The number of thioether (sulfide) groups is 1. The summed E-state index contributed by atoms with van der Waals surface area (Å²) in [4.78, 5) is 11.9. The lowest BCUT2D eigenvalue weighted by molar-refractivity contribution is -0.139. The summed E-state index contributed by atoms with van der Waals surface area (Å²) in [6.45, 7) is 6.20. The molecule has 0 aliphatic heterocycles. The Bertz CT molecular complexity index is 642. The third-order valence-corrected chi connectivity index (χ3v) is 7.11. The number of aromatic nitrogens is 2. The van der Waals surface area contributed by atoms with E-state index in [1.165, 1.54) is 29.7 Å². The number of carboxylic acid groups (broad SMARTS) is 1. The Morgan fingerprint density at radius 1 is 1.42 bits per heavy atom. The summed E-state index contributed by atoms with van der Waals surface area (Å²) in [5.41, 5.74) is 1.87. The zero-order valence-electron chi connectivity index (χ0n) is 14.3. The average Bonchev–Trinajstić information content (AvgIpc) is 3.22. The van der Waals surface area contributed by atoms with Gasteiger partial charge in [-0.15, -0.1) is 16.4 Å². The minimum absolute atomic E-state index is 0.459. The Morgan fingerprint density at radius 3 is 2.79 bits per heavy atom. The molecular weight excluding hydrogens is 360 g/mol. The highest BCUT2D eigenvalue weighted by Gasteiger charge is 2.37. The summed E-state index contributed by atoms with van der Waals surface area (Å²) in [5.74, 6) is -0.270. The Labute approximate surface area is 155 Å². The van der Waals surface area contributed by atoms with Gasteiger partial charge in [-0.25, -0.2) is 0 Å². The lowest BCUT2D eigenvalue weighted by Gasteiger charge is -2.28. The van der Waals surface area contributed by atoms with E-state index >= 15 is 0 Å². The maximum atomic E-state index is 11.9. The fraction of sp³-hybridized carbons (Fsp3) is 0.588. The minimum atomic E-state index is -0.795. The van der Waals surface area contributed by atoms with Crippen LogP contribution in [0.15, 0.2) is 21.0 Å². The van der Waals surface area contributed by atoms with Crippen LogP contribution in [-0.4, -0.2) is 25.4 Å². The second kappa shape index (κ2) is 8.97. The zero-order valence-corrected chi connectivity index (χ0v) is 16.8. The Kier molecular flexibility index (Phi) is 7.25. The molecular formula is C17H24N2O2S3. The quantitative estimate of drug-likeness (QED) is 0.524. The number of thiophene rings is 1. The van der Waals surface area contributed by atoms with Gasteiger partial charge in [-0.05, 0) is 36.9 Å². The van der Waals surface area contributed by atoms with Crippen molar-refractivity contribution in [3.05, 3.63) is 16.8 Å². The molecule has 0 bridgehead atoms. The fourth-order valence-electron chi connectivity index (χ4n) is 2.68. The van der Waals surface area contributed by atoms with Crippen molar-refractivity contribution in [2.45, 2.75) is 61.8 Å². The van der Waals surface area contributed by atoms with Gasteiger partial charge in [0.15, 0.2) is 0 Å². The fourth-order valence-corrected chi connectivity index (χ4v) is 5.70. The highest BCUT2D eigenvalue weighted by atomic mass is 32.2. The summed E-state index contributed by atoms with van der Waals surface area (Å²) in [6.07, 6.45) is 5.16. The van der Waals surface area contributed by atoms with E-state index in [1.54, 1.807) is 11.3 Å². The molecule has 0 fully saturated rings. The first-order valence-electron chi connectivity index (χ1n) is 8.26. The first-order valence-corrected chi connectivity index (χ1v) is 10.8. The normalized spacial score (nSPS) is 15.1. The van der Waals surface area contributed by atoms with Gasteiger partial charge >= 0.3 is 5.97 Å². The van der Waals surface area contributed by atoms with Crippen molar-refractivity contribution >= 4 is 40.6 Å². The predicted octanol–water partition coefficient (Wildman–Crippen LogP) is 5.81. The third-order valence-electron chi connectivity index (χ3n) is 4.23. The van der Waals surface area contributed by atoms with Crippen LogP contribution in [0.3, 0.4) is 0 Å². The monoisotopic (exact) mass is 384 g/mol. The molecule has 4 nitrogen and oxygen atoms in total. The van der Waals surface area contributed by atoms with Crippen LogP contribution >= 0.6 is 34.6 Å². The van der Waals surface area contributed by atoms with E-state index < -0.39 is 10.7 Å². The second-order valence-corrected chi connectivity index (χ2v) is 9.53. The van der Waals surface area contributed by atoms with Crippen LogP contribution < -0.4 is 0 Å². The lowest BCUT2D eigenvalue weighted by atomic mass is 9.89. The van der Waals surface area contributed by atoms with E-state index in [0.717, 1.165) is 34.7 Å². The molecule has 2 unspecified atom stereocenters. The van der Waals surface area contributed by atoms with Gasteiger partial charge in [0.25, 0.3) is 0 Å². The largest absolute Gasteiger partial charge is 0.480 e. The summed E-state index contributed by atoms with van der Waals surface area (Å²) in [6, 6.07) is 2.03. The van der Waals surface area contributed by atoms with Crippen molar-refractivity contribution in [3.8, 4) is 11.3 Å². The van der Waals surface area contributed by atoms with E-state index in [0.29, 0.717) is 12.3 Å². The Hall–Kier alpha value is -0.920. The van der Waals surface area contributed by atoms with E-state index in [9.17, 15) is 9.90 Å². The van der Waals surface area contributed by atoms with Crippen LogP contribution in [0.1, 0.15) is 52.9 Å². The van der Waals surface area contributed by atoms with Gasteiger partial charge in [0, 0.05) is 16.3 Å². The molecule has 1 N–H and O–H groups in total. The number of carbonyl (C=O) groups is 1. The molecule has 0 aliphatic carbocycles. The van der Waals surface area contributed by atoms with Gasteiger partial charge in [0.05, 0.1) is 4.21 Å². The molecule has 132 valence electrons. The lowest BCUT2D eigenvalue weighted by Crippen LogP contribution is -2.33. The van der Waals surface area contributed by atoms with Crippen LogP contribution in [0.4, 0.5) is 0 Å². The number of hydrogen-bond acceptors (Lipinski definition) is 6. The molecule has 0 radical (unpaired) electrons. The average molecular weight is 385 g/mol. The molecule has 2 aromatic heterocycles. The molecule has 0 aromatic carbocycles. The number of aliphatic carboxylic acids is 1. The summed E-state index contributed by atoms with van der Waals surface area (Å²) >= 11 is 4.37. The van der Waals surface area contributed by atoms with E-state index in [4.69, 9.17) is 0 Å². The molecule has 2 rings (SSSR count). The molecule has 0 saturated carbocycles. The van der Waals surface area contributed by atoms with Gasteiger partial charge in [-0.3, -0.25) is 4.79 Å². The SMILES string of the molecule is CCCCC(CC)CC(C)(Sc1cc(-c2csnn2)cs1)C(=O)O. The van der Waals surface area contributed by atoms with Crippen molar-refractivity contribution in [2.24, 2.45) is 5.92 Å². The zero-order chi connectivity index (χ0) is 17.6. The Morgan fingerprint density at radius 2 is 2.21 bits per heavy atom. The minimum Gasteiger partial charge on any atom is -0.480 e. The van der Waals surface area contributed by atoms with Crippen molar-refractivity contribution in [3.63, 3.8) is 0 Å². The van der Waals surface area contributed by atoms with Crippen LogP contribution in [0.5, 0.6) is 0 Å². The first-order chi connectivity index (χ1) is 11.5. The highest BCUT2D eigenvalue weighted by Crippen LogP contribution is 2.43. The van der Waals surface area contributed by atoms with Gasteiger partial charge in [-0.2, -0.15) is 0 Å². The molecule has 0 spiro atoms. The third kappa shape index (κ3) is 5.04. The van der Waals surface area contributed by atoms with Gasteiger partial charge in [0.2, 0.25) is 0 Å². The predicted molar refractivity (Wildman–Crippen MR) is 103 cm³/mol. The highest BCUT2D eigenvalue weighted by molar-refractivity contribution is 8.03. The molecule has 0 amide bonds. The maximum absolute atomic E-state index is 11.9. The molecule has 2 aromatic rings. The number of hydrogen-bond donors (Lipinski definition) is 1. The molecule has 24 heavy (non-hydrogen) atoms. The van der Waals surface area contributed by atoms with Crippen molar-refractivity contribution in [1.29, 1.82) is 0 Å². The Balaban J connectivity index is 2.11. The number of unbranched alkanes of at least 4 members (excludes halogenated alkanes) is 1. The maximum Gasteiger partial charge on any atom is 0.319 e. The van der Waals surface area contributed by atoms with Gasteiger partial charge < -0.3 is 5.11 Å². The number of nitrogens with zero attached hydrogens (tertiary/aromatic N) is 2. The van der Waals surface area contributed by atoms with Crippen LogP contribution in [0.25, 0.3) is 11.3 Å². The number of rotatable bonds is 10. The van der Waals surface area contributed by atoms with Crippen molar-refractivity contribution < 1.29 is 9.90 Å². The van der Waals surface area contributed by atoms with E-state index in [1.807, 2.05) is 23.8 Å². The standard InChI is InChI=1S/C17H24N2O2S3/c1-4-6-7-12(5-2)9-17(3,16(20)21)24-15-8-13(10-22-15)14-11-23-19-18-14/h8,10-12H,4-7,9H2,1-3H3,(H,20,21). The summed E-state index contributed by atoms with van der Waals surface area (Å²) in [7, 11) is 0. The van der Waals surface area contributed by atoms with Gasteiger partial charge in [-0.1, -0.05) is 55.8 Å². The van der Waals surface area contributed by atoms with Crippen LogP contribution in [0.2, 0.25) is 0 Å². The summed E-state index contributed by atoms with van der Waals surface area (Å²) < 4.78 is 4.11. The molecule has 0 aliphatic rings. The number of carboxylic acids is 1. The van der Waals surface area contributed by atoms with E-state index in [2.05, 4.69) is 23.4 Å². The first kappa shape index (κ1) is 19.4. The molecule has 7 heteroatoms. The van der Waals surface area contributed by atoms with Gasteiger partial charge in [0.1, 0.15) is 10.4 Å². The van der Waals surface area contributed by atoms with E-state index in [-0.39, 0.29) is 0 Å². The van der Waals surface area contributed by atoms with Crippen molar-refractivity contribution in [1.82, 2.24) is 9.59 Å². The van der Waals surface area contributed by atoms with Crippen molar-refractivity contribution in [2.75, 3.05) is 0 Å².